The Bertz CT molecular complexity index is 906. The van der Waals surface area contributed by atoms with E-state index in [0.29, 0.717) is 5.56 Å². The Hall–Kier alpha value is -2.65. The number of carbonyl (C=O) groups excluding carboxylic acids is 1. The van der Waals surface area contributed by atoms with Crippen molar-refractivity contribution in [2.24, 2.45) is 16.6 Å². The van der Waals surface area contributed by atoms with Gasteiger partial charge in [0.2, 0.25) is 0 Å². The molecule has 6 heteroatoms. The van der Waals surface area contributed by atoms with E-state index in [1.807, 2.05) is 30.3 Å². The molecule has 2 aliphatic rings. The second kappa shape index (κ2) is 5.18. The molecule has 1 saturated carbocycles. The number of thiophene rings is 1. The molecule has 0 radical (unpaired) electrons. The molecule has 0 saturated heterocycles. The first-order valence-corrected chi connectivity index (χ1v) is 8.62. The molecule has 1 aliphatic heterocycles. The summed E-state index contributed by atoms with van der Waals surface area (Å²) in [7, 11) is 1.68. The van der Waals surface area contributed by atoms with Crippen LogP contribution in [0.2, 0.25) is 0 Å². The minimum atomic E-state index is -0.853. The van der Waals surface area contributed by atoms with E-state index >= 15 is 0 Å². The molecule has 1 aromatic heterocycles. The van der Waals surface area contributed by atoms with Gasteiger partial charge in [0.05, 0.1) is 11.6 Å². The smallest absolute Gasteiger partial charge is 0.262 e. The number of hydrogen-bond acceptors (Lipinski definition) is 5. The maximum atomic E-state index is 12.9. The van der Waals surface area contributed by atoms with E-state index in [0.717, 1.165) is 28.2 Å². The lowest BCUT2D eigenvalue weighted by Gasteiger charge is -2.23. The van der Waals surface area contributed by atoms with Crippen LogP contribution in [0.25, 0.3) is 10.4 Å². The lowest BCUT2D eigenvalue weighted by molar-refractivity contribution is -0.131. The van der Waals surface area contributed by atoms with Crippen LogP contribution in [0, 0.1) is 17.2 Å². The summed E-state index contributed by atoms with van der Waals surface area (Å²) in [5.74, 6) is 0.473. The molecule has 5 nitrogen and oxygen atoms in total. The van der Waals surface area contributed by atoms with Crippen molar-refractivity contribution in [2.45, 2.75) is 18.4 Å². The standard InChI is InChI=1S/C18H16N4OS/c1-22-16(23)18(13-5-6-13,21-17(22)20)15-8-7-14(24-15)12-4-2-3-11(9-12)10-19/h2-4,7-9,13H,5-6H2,1H3,(H2,20,21). The zero-order valence-corrected chi connectivity index (χ0v) is 14.0. The summed E-state index contributed by atoms with van der Waals surface area (Å²) in [5.41, 5.74) is 6.68. The molecule has 1 atom stereocenters. The van der Waals surface area contributed by atoms with Gasteiger partial charge in [-0.3, -0.25) is 9.69 Å². The molecule has 120 valence electrons. The lowest BCUT2D eigenvalue weighted by atomic mass is 9.91. The normalized spacial score (nSPS) is 23.2. The highest BCUT2D eigenvalue weighted by Gasteiger charge is 2.58. The third kappa shape index (κ3) is 2.05. The van der Waals surface area contributed by atoms with Gasteiger partial charge in [0.25, 0.3) is 5.91 Å². The molecule has 2 heterocycles. The average Bonchev–Trinajstić information content (AvgIpc) is 3.29. The Morgan fingerprint density at radius 2 is 2.17 bits per heavy atom. The average molecular weight is 336 g/mol. The van der Waals surface area contributed by atoms with Crippen molar-refractivity contribution in [3.63, 3.8) is 0 Å². The SMILES string of the molecule is CN1C(=O)C(c2ccc(-c3cccc(C#N)c3)s2)(C2CC2)N=C1N. The topological polar surface area (TPSA) is 82.5 Å². The highest BCUT2D eigenvalue weighted by molar-refractivity contribution is 7.15. The molecule has 1 amide bonds. The first-order chi connectivity index (χ1) is 11.6. The van der Waals surface area contributed by atoms with Crippen LogP contribution in [-0.4, -0.2) is 23.8 Å². The fourth-order valence-corrected chi connectivity index (χ4v) is 4.44. The van der Waals surface area contributed by atoms with E-state index in [2.05, 4.69) is 11.1 Å². The van der Waals surface area contributed by atoms with E-state index in [1.165, 1.54) is 4.90 Å². The summed E-state index contributed by atoms with van der Waals surface area (Å²) in [6.07, 6.45) is 1.99. The summed E-state index contributed by atoms with van der Waals surface area (Å²) in [4.78, 5) is 20.9. The third-order valence-electron chi connectivity index (χ3n) is 4.69. The van der Waals surface area contributed by atoms with Crippen molar-refractivity contribution < 1.29 is 4.79 Å². The van der Waals surface area contributed by atoms with Crippen LogP contribution in [-0.2, 0) is 10.3 Å². The number of nitrogens with zero attached hydrogens (tertiary/aromatic N) is 3. The molecule has 2 aromatic rings. The van der Waals surface area contributed by atoms with Crippen LogP contribution >= 0.6 is 11.3 Å². The molecule has 4 rings (SSSR count). The maximum Gasteiger partial charge on any atom is 0.262 e. The lowest BCUT2D eigenvalue weighted by Crippen LogP contribution is -2.41. The van der Waals surface area contributed by atoms with Gasteiger partial charge in [-0.05, 0) is 48.6 Å². The van der Waals surface area contributed by atoms with Gasteiger partial charge >= 0.3 is 0 Å². The van der Waals surface area contributed by atoms with Gasteiger partial charge in [-0.1, -0.05) is 12.1 Å². The van der Waals surface area contributed by atoms with Crippen LogP contribution in [0.1, 0.15) is 23.3 Å². The quantitative estimate of drug-likeness (QED) is 0.935. The molecule has 0 spiro atoms. The molecule has 1 unspecified atom stereocenters. The second-order valence-electron chi connectivity index (χ2n) is 6.23. The van der Waals surface area contributed by atoms with E-state index in [4.69, 9.17) is 11.0 Å². The largest absolute Gasteiger partial charge is 0.369 e. The zero-order chi connectivity index (χ0) is 16.9. The number of amides is 1. The Labute approximate surface area is 144 Å². The molecule has 1 aliphatic carbocycles. The number of aliphatic imine (C=N–C) groups is 1. The molecule has 2 N–H and O–H groups in total. The van der Waals surface area contributed by atoms with Crippen molar-refractivity contribution in [3.05, 3.63) is 46.8 Å². The van der Waals surface area contributed by atoms with Crippen molar-refractivity contribution in [2.75, 3.05) is 7.05 Å². The van der Waals surface area contributed by atoms with Crippen molar-refractivity contribution in [1.82, 2.24) is 4.90 Å². The van der Waals surface area contributed by atoms with Crippen molar-refractivity contribution in [1.29, 1.82) is 5.26 Å². The number of rotatable bonds is 3. The molecule has 0 bridgehead atoms. The van der Waals surface area contributed by atoms with Gasteiger partial charge in [0, 0.05) is 16.8 Å². The Kier molecular flexibility index (Phi) is 3.22. The third-order valence-corrected chi connectivity index (χ3v) is 5.95. The van der Waals surface area contributed by atoms with Gasteiger partial charge in [0.15, 0.2) is 11.5 Å². The number of carbonyl (C=O) groups is 1. The fourth-order valence-electron chi connectivity index (χ4n) is 3.23. The number of hydrogen-bond donors (Lipinski definition) is 1. The first-order valence-electron chi connectivity index (χ1n) is 7.80. The van der Waals surface area contributed by atoms with Gasteiger partial charge < -0.3 is 5.73 Å². The number of likely N-dealkylation sites (N-methyl/N-ethyl adjacent to an activating group) is 1. The fraction of sp³-hybridized carbons (Fsp3) is 0.278. The Morgan fingerprint density at radius 3 is 2.79 bits per heavy atom. The number of nitriles is 1. The van der Waals surface area contributed by atoms with E-state index in [1.54, 1.807) is 24.5 Å². The summed E-state index contributed by atoms with van der Waals surface area (Å²) in [6.45, 7) is 0. The second-order valence-corrected chi connectivity index (χ2v) is 7.32. The minimum absolute atomic E-state index is 0.0401. The van der Waals surface area contributed by atoms with Crippen molar-refractivity contribution >= 4 is 23.2 Å². The van der Waals surface area contributed by atoms with Crippen LogP contribution in [0.15, 0.2) is 41.4 Å². The van der Waals surface area contributed by atoms with Gasteiger partial charge in [-0.15, -0.1) is 11.3 Å². The van der Waals surface area contributed by atoms with E-state index in [-0.39, 0.29) is 17.8 Å². The Balaban J connectivity index is 1.79. The van der Waals surface area contributed by atoms with Crippen LogP contribution in [0.3, 0.4) is 0 Å². The molecule has 1 fully saturated rings. The van der Waals surface area contributed by atoms with Crippen LogP contribution < -0.4 is 5.73 Å². The monoisotopic (exact) mass is 336 g/mol. The number of nitrogens with two attached hydrogens (primary N) is 1. The zero-order valence-electron chi connectivity index (χ0n) is 13.2. The van der Waals surface area contributed by atoms with E-state index in [9.17, 15) is 4.79 Å². The first kappa shape index (κ1) is 14.9. The van der Waals surface area contributed by atoms with Crippen LogP contribution in [0.5, 0.6) is 0 Å². The predicted octanol–water partition coefficient (Wildman–Crippen LogP) is 2.68. The highest BCUT2D eigenvalue weighted by Crippen LogP contribution is 2.53. The van der Waals surface area contributed by atoms with Crippen molar-refractivity contribution in [3.8, 4) is 16.5 Å². The molecule has 24 heavy (non-hydrogen) atoms. The highest BCUT2D eigenvalue weighted by atomic mass is 32.1. The molecular weight excluding hydrogens is 320 g/mol. The van der Waals surface area contributed by atoms with Gasteiger partial charge in [0.1, 0.15) is 0 Å². The maximum absolute atomic E-state index is 12.9. The summed E-state index contributed by atoms with van der Waals surface area (Å²) >= 11 is 1.56. The summed E-state index contributed by atoms with van der Waals surface area (Å²) in [6, 6.07) is 13.6. The number of benzene rings is 1. The summed E-state index contributed by atoms with van der Waals surface area (Å²) < 4.78 is 0. The van der Waals surface area contributed by atoms with E-state index < -0.39 is 5.54 Å². The van der Waals surface area contributed by atoms with Crippen LogP contribution in [0.4, 0.5) is 0 Å². The molecular formula is C18H16N4OS. The minimum Gasteiger partial charge on any atom is -0.369 e. The van der Waals surface area contributed by atoms with Gasteiger partial charge in [-0.25, -0.2) is 4.99 Å². The predicted molar refractivity (Wildman–Crippen MR) is 93.3 cm³/mol. The number of guanidine groups is 1. The molecule has 1 aromatic carbocycles. The Morgan fingerprint density at radius 1 is 1.38 bits per heavy atom. The van der Waals surface area contributed by atoms with Gasteiger partial charge in [-0.2, -0.15) is 5.26 Å². The summed E-state index contributed by atoms with van der Waals surface area (Å²) in [5, 5.41) is 9.07.